The van der Waals surface area contributed by atoms with Gasteiger partial charge in [-0.1, -0.05) is 0 Å². The van der Waals surface area contributed by atoms with E-state index in [4.69, 9.17) is 37.9 Å². The molecule has 9 N–H and O–H groups in total. The molecule has 0 radical (unpaired) electrons. The predicted molar refractivity (Wildman–Crippen MR) is 115 cm³/mol. The average molecular weight is 561 g/mol. The highest BCUT2D eigenvalue weighted by Crippen LogP contribution is 2.30. The van der Waals surface area contributed by atoms with Gasteiger partial charge in [-0.15, -0.1) is 0 Å². The van der Waals surface area contributed by atoms with Crippen LogP contribution in [0, 0.1) is 0 Å². The van der Waals surface area contributed by atoms with Gasteiger partial charge in [0.15, 0.2) is 25.2 Å². The minimum absolute atomic E-state index is 0.245. The molecular weight excluding hydrogens is 524 g/mol. The summed E-state index contributed by atoms with van der Waals surface area (Å²) in [5.74, 6) is 0. The zero-order chi connectivity index (χ0) is 27.7. The fourth-order valence-electron chi connectivity index (χ4n) is 4.72. The van der Waals surface area contributed by atoms with Gasteiger partial charge in [0.05, 0.1) is 26.4 Å². The van der Waals surface area contributed by atoms with Crippen molar-refractivity contribution in [2.75, 3.05) is 33.5 Å². The van der Waals surface area contributed by atoms with Gasteiger partial charge in [-0.3, -0.25) is 0 Å². The van der Waals surface area contributed by atoms with Crippen LogP contribution >= 0.6 is 0 Å². The first kappa shape index (κ1) is 30.3. The second kappa shape index (κ2) is 12.9. The van der Waals surface area contributed by atoms with Crippen LogP contribution < -0.4 is 0 Å². The smallest absolute Gasteiger partial charge is 0.186 e. The second-order valence-electron chi connectivity index (χ2n) is 9.56. The zero-order valence-electron chi connectivity index (χ0n) is 20.4. The normalized spacial score (nSPS) is 52.6. The van der Waals surface area contributed by atoms with Gasteiger partial charge in [0.1, 0.15) is 73.2 Å². The highest BCUT2D eigenvalue weighted by molar-refractivity contribution is 4.92. The van der Waals surface area contributed by atoms with Crippen LogP contribution in [0.2, 0.25) is 0 Å². The van der Waals surface area contributed by atoms with Gasteiger partial charge in [-0.05, 0) is 0 Å². The Balaban J connectivity index is 1.39. The van der Waals surface area contributed by atoms with E-state index in [0.717, 1.165) is 0 Å². The van der Waals surface area contributed by atoms with Crippen molar-refractivity contribution in [2.45, 2.75) is 98.4 Å². The van der Waals surface area contributed by atoms with Crippen LogP contribution in [0.25, 0.3) is 0 Å². The summed E-state index contributed by atoms with van der Waals surface area (Å²) in [4.78, 5) is 0. The molecule has 4 saturated heterocycles. The quantitative estimate of drug-likeness (QED) is 0.140. The Morgan fingerprint density at radius 2 is 0.763 bits per heavy atom. The van der Waals surface area contributed by atoms with Crippen LogP contribution in [0.15, 0.2) is 0 Å². The minimum atomic E-state index is -1.73. The van der Waals surface area contributed by atoms with Crippen LogP contribution in [0.5, 0.6) is 0 Å². The third-order valence-electron chi connectivity index (χ3n) is 6.87. The summed E-state index contributed by atoms with van der Waals surface area (Å²) in [6, 6.07) is 0. The van der Waals surface area contributed by atoms with Crippen LogP contribution in [0.3, 0.4) is 0 Å². The molecule has 0 spiro atoms. The molecule has 0 aromatic rings. The molecule has 0 amide bonds. The van der Waals surface area contributed by atoms with E-state index in [0.29, 0.717) is 0 Å². The molecular formula is C21H36O17. The molecule has 16 atom stereocenters. The molecule has 222 valence electrons. The van der Waals surface area contributed by atoms with Gasteiger partial charge in [-0.2, -0.15) is 0 Å². The monoisotopic (exact) mass is 560 g/mol. The molecule has 4 heterocycles. The number of hydrogen-bond acceptors (Lipinski definition) is 17. The maximum Gasteiger partial charge on any atom is 0.186 e. The molecule has 4 aliphatic rings. The van der Waals surface area contributed by atoms with Crippen molar-refractivity contribution >= 4 is 0 Å². The van der Waals surface area contributed by atoms with Crippen molar-refractivity contribution in [1.29, 1.82) is 0 Å². The van der Waals surface area contributed by atoms with Gasteiger partial charge in [0.2, 0.25) is 0 Å². The van der Waals surface area contributed by atoms with Crippen LogP contribution in [-0.2, 0) is 37.9 Å². The van der Waals surface area contributed by atoms with Crippen molar-refractivity contribution in [2.24, 2.45) is 0 Å². The number of aliphatic hydroxyl groups is 9. The van der Waals surface area contributed by atoms with E-state index in [1.807, 2.05) is 0 Å². The lowest BCUT2D eigenvalue weighted by Gasteiger charge is -2.45. The van der Waals surface area contributed by atoms with Crippen LogP contribution in [0.4, 0.5) is 0 Å². The Labute approximate surface area is 216 Å². The maximum absolute atomic E-state index is 10.8. The Hall–Kier alpha value is -0.680. The number of hydrogen-bond donors (Lipinski definition) is 9. The van der Waals surface area contributed by atoms with Gasteiger partial charge in [0.25, 0.3) is 0 Å². The van der Waals surface area contributed by atoms with E-state index in [1.165, 1.54) is 7.11 Å². The first-order valence-corrected chi connectivity index (χ1v) is 12.1. The van der Waals surface area contributed by atoms with Crippen molar-refractivity contribution < 1.29 is 83.9 Å². The fourth-order valence-corrected chi connectivity index (χ4v) is 4.72. The van der Waals surface area contributed by atoms with E-state index in [2.05, 4.69) is 0 Å². The van der Waals surface area contributed by atoms with Crippen molar-refractivity contribution in [1.82, 2.24) is 0 Å². The lowest BCUT2D eigenvalue weighted by Crippen LogP contribution is -2.63. The third kappa shape index (κ3) is 6.29. The Kier molecular flexibility index (Phi) is 10.3. The van der Waals surface area contributed by atoms with Gasteiger partial charge < -0.3 is 83.9 Å². The Morgan fingerprint density at radius 3 is 1.16 bits per heavy atom. The van der Waals surface area contributed by atoms with Crippen molar-refractivity contribution in [3.8, 4) is 0 Å². The van der Waals surface area contributed by atoms with Crippen molar-refractivity contribution in [3.05, 3.63) is 0 Å². The SMILES string of the molecule is CO[C@@H]1C(O)[C@H](O[C@@H]2C(O)[C@H](O[C@@H]3C(O)[C@H](O[C@@H]4C(O)[C@H](O)OC[C@H]4O)OC[C@H]3O)OC[C@H]2O)OC[C@H]1O. The standard InChI is InChI=1S/C21H36O17/c1-31-14-6(22)3-33-19(11(14)27)37-16-8(24)5-35-21(13(16)29)38-17-9(25)4-34-20(12(17)28)36-15-7(23)2-32-18(30)10(15)26/h6-30H,2-5H2,1H3/t6-,7-,8-,9-,10?,11?,12?,13?,14+,15+,16+,17+,18-,19+,20+,21+/m1/s1. The maximum atomic E-state index is 10.8. The molecule has 0 aromatic heterocycles. The molecule has 4 unspecified atom stereocenters. The molecule has 0 aliphatic carbocycles. The van der Waals surface area contributed by atoms with E-state index in [-0.39, 0.29) is 13.2 Å². The molecule has 4 fully saturated rings. The van der Waals surface area contributed by atoms with E-state index < -0.39 is 112 Å². The fraction of sp³-hybridized carbons (Fsp3) is 1.00. The molecule has 0 bridgehead atoms. The molecule has 38 heavy (non-hydrogen) atoms. The molecule has 17 heteroatoms. The third-order valence-corrected chi connectivity index (χ3v) is 6.87. The number of methoxy groups -OCH3 is 1. The van der Waals surface area contributed by atoms with Gasteiger partial charge in [-0.25, -0.2) is 0 Å². The summed E-state index contributed by atoms with van der Waals surface area (Å²) >= 11 is 0. The molecule has 0 aromatic carbocycles. The predicted octanol–water partition coefficient (Wildman–Crippen LogP) is -6.54. The summed E-state index contributed by atoms with van der Waals surface area (Å²) in [5.41, 5.74) is 0. The first-order valence-electron chi connectivity index (χ1n) is 12.1. The van der Waals surface area contributed by atoms with Crippen LogP contribution in [0.1, 0.15) is 0 Å². The number of ether oxygens (including phenoxy) is 8. The van der Waals surface area contributed by atoms with Gasteiger partial charge in [0, 0.05) is 7.11 Å². The molecule has 4 rings (SSSR count). The molecule has 4 aliphatic heterocycles. The first-order chi connectivity index (χ1) is 18.0. The molecule has 17 nitrogen and oxygen atoms in total. The summed E-state index contributed by atoms with van der Waals surface area (Å²) < 4.78 is 42.4. The van der Waals surface area contributed by atoms with Crippen molar-refractivity contribution in [3.63, 3.8) is 0 Å². The van der Waals surface area contributed by atoms with Gasteiger partial charge >= 0.3 is 0 Å². The highest BCUT2D eigenvalue weighted by atomic mass is 16.7. The summed E-state index contributed by atoms with van der Waals surface area (Å²) in [6.45, 7) is -1.42. The second-order valence-corrected chi connectivity index (χ2v) is 9.56. The lowest BCUT2D eigenvalue weighted by atomic mass is 10.0. The van der Waals surface area contributed by atoms with E-state index >= 15 is 0 Å². The summed E-state index contributed by atoms with van der Waals surface area (Å²) in [5, 5.41) is 92.5. The van der Waals surface area contributed by atoms with E-state index in [1.54, 1.807) is 0 Å². The molecule has 0 saturated carbocycles. The summed E-state index contributed by atoms with van der Waals surface area (Å²) in [7, 11) is 1.27. The lowest BCUT2D eigenvalue weighted by molar-refractivity contribution is -0.366. The largest absolute Gasteiger partial charge is 0.388 e. The zero-order valence-corrected chi connectivity index (χ0v) is 20.4. The number of aliphatic hydroxyl groups excluding tert-OH is 9. The van der Waals surface area contributed by atoms with E-state index in [9.17, 15) is 46.0 Å². The number of rotatable bonds is 7. The Bertz CT molecular complexity index is 747. The van der Waals surface area contributed by atoms with Crippen LogP contribution in [-0.4, -0.2) is 178 Å². The summed E-state index contributed by atoms with van der Waals surface area (Å²) in [6.07, 6.45) is -23.4. The highest BCUT2D eigenvalue weighted by Gasteiger charge is 2.50. The minimum Gasteiger partial charge on any atom is -0.388 e. The Morgan fingerprint density at radius 1 is 0.447 bits per heavy atom. The average Bonchev–Trinajstić information content (AvgIpc) is 2.88. The topological polar surface area (TPSA) is 256 Å².